The van der Waals surface area contributed by atoms with Crippen molar-refractivity contribution in [1.82, 2.24) is 4.31 Å². The lowest BCUT2D eigenvalue weighted by Gasteiger charge is -2.29. The van der Waals surface area contributed by atoms with Crippen LogP contribution in [0.1, 0.15) is 32.6 Å². The maximum atomic E-state index is 12.9. The summed E-state index contributed by atoms with van der Waals surface area (Å²) in [6.07, 6.45) is 4.03. The lowest BCUT2D eigenvalue weighted by Crippen LogP contribution is -2.44. The average molecular weight is 362 g/mol. The van der Waals surface area contributed by atoms with E-state index < -0.39 is 18.1 Å². The Kier molecular flexibility index (Phi) is 7.48. The van der Waals surface area contributed by atoms with Gasteiger partial charge in [0.2, 0.25) is 10.0 Å². The van der Waals surface area contributed by atoms with E-state index in [2.05, 4.69) is 26.2 Å². The third-order valence-electron chi connectivity index (χ3n) is 4.13. The number of nitrogens with zero attached hydrogens (tertiary/aromatic N) is 1. The molecule has 7 heteroatoms. The molecule has 0 N–H and O–H groups in total. The maximum Gasteiger partial charge on any atom is 0.307 e. The predicted octanol–water partition coefficient (Wildman–Crippen LogP) is 3.02. The summed E-state index contributed by atoms with van der Waals surface area (Å²) in [4.78, 5) is 11.8. The number of esters is 1. The van der Waals surface area contributed by atoms with Crippen molar-refractivity contribution >= 4 is 24.1 Å². The van der Waals surface area contributed by atoms with Crippen molar-refractivity contribution in [2.45, 2.75) is 70.4 Å². The summed E-state index contributed by atoms with van der Waals surface area (Å²) in [5.74, 6) is -0.141. The Hall–Kier alpha value is -0.663. The molecule has 0 aromatic carbocycles. The minimum absolute atomic E-state index is 0.0708. The van der Waals surface area contributed by atoms with Gasteiger partial charge < -0.3 is 4.74 Å². The second-order valence-corrected chi connectivity index (χ2v) is 15.0. The van der Waals surface area contributed by atoms with E-state index in [9.17, 15) is 13.2 Å². The summed E-state index contributed by atoms with van der Waals surface area (Å²) in [6, 6.07) is 0.392. The fraction of sp³-hybridized carbons (Fsp3) is 0.812. The van der Waals surface area contributed by atoms with Crippen molar-refractivity contribution in [2.75, 3.05) is 12.4 Å². The highest BCUT2D eigenvalue weighted by Crippen LogP contribution is 2.32. The van der Waals surface area contributed by atoms with E-state index in [1.54, 1.807) is 17.3 Å². The summed E-state index contributed by atoms with van der Waals surface area (Å²) >= 11 is 0. The molecule has 1 fully saturated rings. The maximum absolute atomic E-state index is 12.9. The number of rotatable bonds is 9. The summed E-state index contributed by atoms with van der Waals surface area (Å²) in [7, 11) is -4.80. The zero-order chi connectivity index (χ0) is 17.7. The quantitative estimate of drug-likeness (QED) is 0.360. The molecular formula is C16H31NO4SSi. The molecule has 0 aliphatic carbocycles. The Bertz CT molecular complexity index is 513. The number of hydrogen-bond acceptors (Lipinski definition) is 4. The molecule has 0 radical (unpaired) electrons. The van der Waals surface area contributed by atoms with Gasteiger partial charge in [0.1, 0.15) is 0 Å². The van der Waals surface area contributed by atoms with Gasteiger partial charge in [-0.15, -0.1) is 6.58 Å². The van der Waals surface area contributed by atoms with Crippen molar-refractivity contribution in [3.05, 3.63) is 12.7 Å². The smallest absolute Gasteiger partial charge is 0.307 e. The van der Waals surface area contributed by atoms with Gasteiger partial charge in [-0.05, 0) is 32.2 Å². The standard InChI is InChI=1S/C16H31NO4SSi/c1-6-8-14-9-10-15(13-16(18)21-7-2)17(14)22(19,20)11-12-23(3,4)5/h6,14-15H,1,7-13H2,2-5H3/t14-,15+/m0/s1. The van der Waals surface area contributed by atoms with Crippen molar-refractivity contribution in [2.24, 2.45) is 0 Å². The number of hydrogen-bond donors (Lipinski definition) is 0. The molecule has 1 heterocycles. The van der Waals surface area contributed by atoms with Gasteiger partial charge in [0.05, 0.1) is 18.8 Å². The van der Waals surface area contributed by atoms with Crippen molar-refractivity contribution in [3.63, 3.8) is 0 Å². The van der Waals surface area contributed by atoms with Gasteiger partial charge >= 0.3 is 5.97 Å². The first-order valence-electron chi connectivity index (χ1n) is 8.38. The first-order chi connectivity index (χ1) is 10.6. The van der Waals surface area contributed by atoms with Gasteiger partial charge in [0.25, 0.3) is 0 Å². The van der Waals surface area contributed by atoms with Crippen molar-refractivity contribution in [3.8, 4) is 0 Å². The van der Waals surface area contributed by atoms with Crippen LogP contribution in [0.3, 0.4) is 0 Å². The van der Waals surface area contributed by atoms with Crippen LogP contribution in [0.15, 0.2) is 12.7 Å². The highest BCUT2D eigenvalue weighted by atomic mass is 32.2. The van der Waals surface area contributed by atoms with Gasteiger partial charge in [0, 0.05) is 20.2 Å². The highest BCUT2D eigenvalue weighted by molar-refractivity contribution is 7.89. The molecule has 0 aromatic heterocycles. The van der Waals surface area contributed by atoms with Crippen LogP contribution >= 0.6 is 0 Å². The number of carbonyl (C=O) groups excluding carboxylic acids is 1. The van der Waals surface area contributed by atoms with E-state index in [0.29, 0.717) is 19.4 Å². The molecule has 0 aromatic rings. The van der Waals surface area contributed by atoms with E-state index in [1.165, 1.54) is 0 Å². The Morgan fingerprint density at radius 3 is 2.43 bits per heavy atom. The van der Waals surface area contributed by atoms with Crippen LogP contribution in [0, 0.1) is 0 Å². The monoisotopic (exact) mass is 361 g/mol. The molecule has 134 valence electrons. The first kappa shape index (κ1) is 20.4. The number of ether oxygens (including phenoxy) is 1. The van der Waals surface area contributed by atoms with Gasteiger partial charge in [-0.3, -0.25) is 4.79 Å². The molecular weight excluding hydrogens is 330 g/mol. The molecule has 1 rings (SSSR count). The van der Waals surface area contributed by atoms with Crippen LogP contribution in [0.5, 0.6) is 0 Å². The Morgan fingerprint density at radius 2 is 1.91 bits per heavy atom. The fourth-order valence-electron chi connectivity index (χ4n) is 2.95. The van der Waals surface area contributed by atoms with Crippen LogP contribution in [-0.2, 0) is 19.6 Å². The Labute approximate surface area is 142 Å². The summed E-state index contributed by atoms with van der Waals surface area (Å²) < 4.78 is 32.3. The zero-order valence-electron chi connectivity index (χ0n) is 14.9. The summed E-state index contributed by atoms with van der Waals surface area (Å²) in [5, 5.41) is 0. The van der Waals surface area contributed by atoms with E-state index >= 15 is 0 Å². The van der Waals surface area contributed by atoms with Crippen LogP contribution in [-0.4, -0.2) is 51.2 Å². The fourth-order valence-corrected chi connectivity index (χ4v) is 7.92. The second-order valence-electron chi connectivity index (χ2n) is 7.38. The largest absolute Gasteiger partial charge is 0.466 e. The van der Waals surface area contributed by atoms with E-state index in [1.807, 2.05) is 0 Å². The van der Waals surface area contributed by atoms with Gasteiger partial charge in [-0.25, -0.2) is 8.42 Å². The third-order valence-corrected chi connectivity index (χ3v) is 8.20. The molecule has 0 bridgehead atoms. The molecule has 1 saturated heterocycles. The third kappa shape index (κ3) is 6.39. The van der Waals surface area contributed by atoms with Gasteiger partial charge in [0.15, 0.2) is 0 Å². The molecule has 23 heavy (non-hydrogen) atoms. The van der Waals surface area contributed by atoms with Crippen molar-refractivity contribution < 1.29 is 17.9 Å². The van der Waals surface area contributed by atoms with Crippen LogP contribution in [0.25, 0.3) is 0 Å². The molecule has 2 atom stereocenters. The predicted molar refractivity (Wildman–Crippen MR) is 96.7 cm³/mol. The van der Waals surface area contributed by atoms with Gasteiger partial charge in [-0.1, -0.05) is 25.7 Å². The Balaban J connectivity index is 2.91. The van der Waals surface area contributed by atoms with E-state index in [4.69, 9.17) is 4.74 Å². The van der Waals surface area contributed by atoms with Crippen LogP contribution < -0.4 is 0 Å². The van der Waals surface area contributed by atoms with Crippen LogP contribution in [0.2, 0.25) is 25.7 Å². The molecule has 0 saturated carbocycles. The Morgan fingerprint density at radius 1 is 1.30 bits per heavy atom. The zero-order valence-corrected chi connectivity index (χ0v) is 16.7. The molecule has 0 spiro atoms. The molecule has 1 aliphatic heterocycles. The van der Waals surface area contributed by atoms with E-state index in [-0.39, 0.29) is 30.2 Å². The minimum atomic E-state index is -3.36. The van der Waals surface area contributed by atoms with Crippen LogP contribution in [0.4, 0.5) is 0 Å². The lowest BCUT2D eigenvalue weighted by molar-refractivity contribution is -0.144. The normalized spacial score (nSPS) is 23.0. The molecule has 0 amide bonds. The SMILES string of the molecule is C=CC[C@H]1CC[C@H](CC(=O)OCC)N1S(=O)(=O)CC[Si](C)(C)C. The summed E-state index contributed by atoms with van der Waals surface area (Å²) in [5.41, 5.74) is 0. The topological polar surface area (TPSA) is 63.7 Å². The average Bonchev–Trinajstić information content (AvgIpc) is 2.80. The lowest BCUT2D eigenvalue weighted by atomic mass is 10.1. The number of sulfonamides is 1. The first-order valence-corrected chi connectivity index (χ1v) is 13.7. The second kappa shape index (κ2) is 8.44. The summed E-state index contributed by atoms with van der Waals surface area (Å²) in [6.45, 7) is 12.3. The van der Waals surface area contributed by atoms with Crippen molar-refractivity contribution in [1.29, 1.82) is 0 Å². The van der Waals surface area contributed by atoms with E-state index in [0.717, 1.165) is 12.5 Å². The number of carbonyl (C=O) groups is 1. The molecule has 1 aliphatic rings. The molecule has 5 nitrogen and oxygen atoms in total. The highest BCUT2D eigenvalue weighted by Gasteiger charge is 2.41. The molecule has 0 unspecified atom stereocenters. The van der Waals surface area contributed by atoms with Gasteiger partial charge in [-0.2, -0.15) is 4.31 Å². The minimum Gasteiger partial charge on any atom is -0.466 e.